The molecule has 1 aliphatic heterocycles. The largest absolute Gasteiger partial charge is 0.363 e. The zero-order chi connectivity index (χ0) is 24.3. The molecule has 2 heterocycles. The third-order valence-corrected chi connectivity index (χ3v) is 7.19. The number of hydrogen-bond donors (Lipinski definition) is 0. The minimum atomic E-state index is -3.62. The molecule has 34 heavy (non-hydrogen) atoms. The summed E-state index contributed by atoms with van der Waals surface area (Å²) in [6.45, 7) is 0.941. The average Bonchev–Trinajstić information content (AvgIpc) is 3.28. The van der Waals surface area contributed by atoms with Gasteiger partial charge in [0.05, 0.1) is 4.92 Å². The second-order valence-corrected chi connectivity index (χ2v) is 9.61. The van der Waals surface area contributed by atoms with E-state index in [1.165, 1.54) is 34.1 Å². The van der Waals surface area contributed by atoms with Crippen LogP contribution in [0.3, 0.4) is 0 Å². The number of carbonyl (C=O) groups excluding carboxylic acids is 1. The highest BCUT2D eigenvalue weighted by atomic mass is 32.2. The number of nitrogens with zero attached hydrogens (tertiary/aromatic N) is 5. The molecule has 176 valence electrons. The van der Waals surface area contributed by atoms with Crippen molar-refractivity contribution in [3.63, 3.8) is 0 Å². The standard InChI is InChI=1S/C23H23N5O5S/c1-25-11-10-24-23(25)22(29)19-7-8-20(21(17-19)28(30)31)26-12-14-27(15-13-26)34(32,33)16-9-18-5-3-2-4-6-18/h2-11,16-17H,12-15H2,1H3/b16-9+. The van der Waals surface area contributed by atoms with Crippen LogP contribution in [0.5, 0.6) is 0 Å². The van der Waals surface area contributed by atoms with Crippen molar-refractivity contribution in [2.24, 2.45) is 7.05 Å². The molecule has 4 rings (SSSR count). The van der Waals surface area contributed by atoms with Gasteiger partial charge in [-0.2, -0.15) is 4.31 Å². The van der Waals surface area contributed by atoms with Gasteiger partial charge in [0.25, 0.3) is 5.69 Å². The molecule has 3 aromatic rings. The maximum atomic E-state index is 12.7. The van der Waals surface area contributed by atoms with Crippen LogP contribution in [0.1, 0.15) is 21.7 Å². The van der Waals surface area contributed by atoms with Crippen LogP contribution in [-0.4, -0.2) is 59.2 Å². The number of carbonyl (C=O) groups is 1. The number of piperazine rings is 1. The number of sulfonamides is 1. The van der Waals surface area contributed by atoms with Gasteiger partial charge in [-0.15, -0.1) is 0 Å². The van der Waals surface area contributed by atoms with Gasteiger partial charge in [0.15, 0.2) is 5.82 Å². The molecule has 1 aromatic heterocycles. The summed E-state index contributed by atoms with van der Waals surface area (Å²) in [6.07, 6.45) is 4.65. The number of aromatic nitrogens is 2. The molecule has 11 heteroatoms. The number of rotatable bonds is 7. The zero-order valence-electron chi connectivity index (χ0n) is 18.4. The highest BCUT2D eigenvalue weighted by molar-refractivity contribution is 7.92. The van der Waals surface area contributed by atoms with Crippen LogP contribution in [0.25, 0.3) is 6.08 Å². The summed E-state index contributed by atoms with van der Waals surface area (Å²) < 4.78 is 28.3. The fourth-order valence-corrected chi connectivity index (χ4v) is 4.96. The van der Waals surface area contributed by atoms with Crippen molar-refractivity contribution in [3.05, 3.63) is 93.4 Å². The Morgan fingerprint density at radius 3 is 2.41 bits per heavy atom. The van der Waals surface area contributed by atoms with Gasteiger partial charge >= 0.3 is 0 Å². The van der Waals surface area contributed by atoms with Gasteiger partial charge in [-0.25, -0.2) is 13.4 Å². The van der Waals surface area contributed by atoms with Crippen LogP contribution in [0.4, 0.5) is 11.4 Å². The minimum Gasteiger partial charge on any atom is -0.363 e. The van der Waals surface area contributed by atoms with Gasteiger partial charge in [-0.05, 0) is 23.8 Å². The monoisotopic (exact) mass is 481 g/mol. The van der Waals surface area contributed by atoms with Crippen molar-refractivity contribution in [3.8, 4) is 0 Å². The number of anilines is 1. The quantitative estimate of drug-likeness (QED) is 0.289. The van der Waals surface area contributed by atoms with E-state index in [0.717, 1.165) is 5.56 Å². The Balaban J connectivity index is 1.49. The lowest BCUT2D eigenvalue weighted by Crippen LogP contribution is -2.48. The zero-order valence-corrected chi connectivity index (χ0v) is 19.3. The summed E-state index contributed by atoms with van der Waals surface area (Å²) in [7, 11) is -1.95. The van der Waals surface area contributed by atoms with Crippen molar-refractivity contribution in [1.82, 2.24) is 13.9 Å². The van der Waals surface area contributed by atoms with Crippen molar-refractivity contribution in [2.75, 3.05) is 31.1 Å². The van der Waals surface area contributed by atoms with E-state index < -0.39 is 20.7 Å². The first-order valence-corrected chi connectivity index (χ1v) is 12.1. The summed E-state index contributed by atoms with van der Waals surface area (Å²) in [4.78, 5) is 29.7. The highest BCUT2D eigenvalue weighted by Gasteiger charge is 2.29. The molecule has 10 nitrogen and oxygen atoms in total. The van der Waals surface area contributed by atoms with Crippen molar-refractivity contribution < 1.29 is 18.1 Å². The predicted octanol–water partition coefficient (Wildman–Crippen LogP) is 2.68. The molecule has 0 amide bonds. The summed E-state index contributed by atoms with van der Waals surface area (Å²) in [5.74, 6) is -0.229. The molecule has 0 saturated carbocycles. The molecular weight excluding hydrogens is 458 g/mol. The Kier molecular flexibility index (Phi) is 6.57. The van der Waals surface area contributed by atoms with E-state index in [1.54, 1.807) is 28.8 Å². The second kappa shape index (κ2) is 9.57. The predicted molar refractivity (Wildman–Crippen MR) is 128 cm³/mol. The normalized spacial score (nSPS) is 15.0. The molecule has 0 atom stereocenters. The van der Waals surface area contributed by atoms with Crippen molar-refractivity contribution in [2.45, 2.75) is 0 Å². The molecule has 0 radical (unpaired) electrons. The summed E-state index contributed by atoms with van der Waals surface area (Å²) in [5.41, 5.74) is 1.08. The lowest BCUT2D eigenvalue weighted by molar-refractivity contribution is -0.384. The first-order chi connectivity index (χ1) is 16.3. The summed E-state index contributed by atoms with van der Waals surface area (Å²) >= 11 is 0. The van der Waals surface area contributed by atoms with Crippen LogP contribution in [0, 0.1) is 10.1 Å². The molecule has 0 unspecified atom stereocenters. The molecule has 0 aliphatic carbocycles. The van der Waals surface area contributed by atoms with Crippen LogP contribution < -0.4 is 4.90 Å². The Hall–Kier alpha value is -3.83. The van der Waals surface area contributed by atoms with Crippen LogP contribution in [0.2, 0.25) is 0 Å². The number of hydrogen-bond acceptors (Lipinski definition) is 7. The number of aryl methyl sites for hydroxylation is 1. The minimum absolute atomic E-state index is 0.164. The number of nitro groups is 1. The number of benzene rings is 2. The van der Waals surface area contributed by atoms with Gasteiger partial charge in [0, 0.05) is 62.7 Å². The molecule has 1 aliphatic rings. The Morgan fingerprint density at radius 2 is 1.79 bits per heavy atom. The van der Waals surface area contributed by atoms with E-state index in [4.69, 9.17) is 0 Å². The van der Waals surface area contributed by atoms with E-state index in [-0.39, 0.29) is 43.3 Å². The van der Waals surface area contributed by atoms with Crippen LogP contribution >= 0.6 is 0 Å². The Morgan fingerprint density at radius 1 is 1.09 bits per heavy atom. The maximum absolute atomic E-state index is 12.7. The van der Waals surface area contributed by atoms with Crippen LogP contribution in [-0.2, 0) is 17.1 Å². The molecule has 0 bridgehead atoms. The lowest BCUT2D eigenvalue weighted by atomic mass is 10.1. The van der Waals surface area contributed by atoms with Gasteiger partial charge in [-0.1, -0.05) is 30.3 Å². The Labute approximate surface area is 197 Å². The third kappa shape index (κ3) is 4.90. The Bertz CT molecular complexity index is 1340. The van der Waals surface area contributed by atoms with E-state index in [1.807, 2.05) is 30.3 Å². The maximum Gasteiger partial charge on any atom is 0.293 e. The van der Waals surface area contributed by atoms with Crippen LogP contribution in [0.15, 0.2) is 66.3 Å². The summed E-state index contributed by atoms with van der Waals surface area (Å²) in [5, 5.41) is 12.9. The van der Waals surface area contributed by atoms with E-state index in [0.29, 0.717) is 5.69 Å². The van der Waals surface area contributed by atoms with E-state index in [2.05, 4.69) is 4.98 Å². The van der Waals surface area contributed by atoms with Gasteiger partial charge in [-0.3, -0.25) is 14.9 Å². The molecule has 0 spiro atoms. The number of imidazole rings is 1. The van der Waals surface area contributed by atoms with Gasteiger partial charge in [0.1, 0.15) is 5.69 Å². The number of nitro benzene ring substituents is 1. The lowest BCUT2D eigenvalue weighted by Gasteiger charge is -2.34. The summed E-state index contributed by atoms with van der Waals surface area (Å²) in [6, 6.07) is 13.4. The molecule has 1 fully saturated rings. The smallest absolute Gasteiger partial charge is 0.293 e. The highest BCUT2D eigenvalue weighted by Crippen LogP contribution is 2.31. The molecular formula is C23H23N5O5S. The third-order valence-electron chi connectivity index (χ3n) is 5.63. The topological polar surface area (TPSA) is 119 Å². The SMILES string of the molecule is Cn1ccnc1C(=O)c1ccc(N2CCN(S(=O)(=O)/C=C/c3ccccc3)CC2)c([N+](=O)[O-])c1. The van der Waals surface area contributed by atoms with Crippen molar-refractivity contribution >= 4 is 33.3 Å². The number of ketones is 1. The first-order valence-electron chi connectivity index (χ1n) is 10.5. The molecule has 2 aromatic carbocycles. The van der Waals surface area contributed by atoms with Gasteiger partial charge < -0.3 is 9.47 Å². The molecule has 0 N–H and O–H groups in total. The van der Waals surface area contributed by atoms with Gasteiger partial charge in [0.2, 0.25) is 15.8 Å². The fourth-order valence-electron chi connectivity index (χ4n) is 3.79. The van der Waals surface area contributed by atoms with Crippen molar-refractivity contribution in [1.29, 1.82) is 0 Å². The fraction of sp³-hybridized carbons (Fsp3) is 0.217. The van der Waals surface area contributed by atoms with E-state index in [9.17, 15) is 23.3 Å². The second-order valence-electron chi connectivity index (χ2n) is 7.80. The van der Waals surface area contributed by atoms with E-state index >= 15 is 0 Å². The molecule has 1 saturated heterocycles. The average molecular weight is 482 g/mol. The first kappa shape index (κ1) is 23.3.